The van der Waals surface area contributed by atoms with Gasteiger partial charge in [-0.2, -0.15) is 0 Å². The van der Waals surface area contributed by atoms with Gasteiger partial charge in [0.25, 0.3) is 0 Å². The summed E-state index contributed by atoms with van der Waals surface area (Å²) in [5.41, 5.74) is 3.18. The summed E-state index contributed by atoms with van der Waals surface area (Å²) in [6.45, 7) is 2.83. The van der Waals surface area contributed by atoms with Crippen molar-refractivity contribution in [2.24, 2.45) is 0 Å². The maximum atomic E-state index is 5.99. The number of rotatable bonds is 5. The van der Waals surface area contributed by atoms with Crippen molar-refractivity contribution in [2.75, 3.05) is 24.2 Å². The molecule has 0 spiro atoms. The minimum Gasteiger partial charge on any atom is -0.383 e. The zero-order valence-corrected chi connectivity index (χ0v) is 11.7. The number of pyridine rings is 1. The molecule has 0 radical (unpaired) electrons. The normalized spacial score (nSPS) is 10.3. The van der Waals surface area contributed by atoms with Crippen molar-refractivity contribution in [2.45, 2.75) is 13.3 Å². The predicted molar refractivity (Wildman–Crippen MR) is 77.8 cm³/mol. The van der Waals surface area contributed by atoms with Gasteiger partial charge in [-0.15, -0.1) is 0 Å². The first-order chi connectivity index (χ1) is 9.22. The van der Waals surface area contributed by atoms with E-state index in [9.17, 15) is 0 Å². The van der Waals surface area contributed by atoms with Crippen LogP contribution in [0.1, 0.15) is 11.1 Å². The highest BCUT2D eigenvalue weighted by molar-refractivity contribution is 6.32. The van der Waals surface area contributed by atoms with E-state index in [-0.39, 0.29) is 0 Å². The molecule has 0 saturated heterocycles. The standard InChI is InChI=1S/C13H16ClN5/c1-9-7-16-5-3-10(9)4-6-17-13-11(15-2)12(14)18-8-19-13/h3,5,7-8,15H,4,6H2,1-2H3,(H,17,18,19). The monoisotopic (exact) mass is 277 g/mol. The highest BCUT2D eigenvalue weighted by Gasteiger charge is 2.07. The van der Waals surface area contributed by atoms with E-state index in [4.69, 9.17) is 11.6 Å². The van der Waals surface area contributed by atoms with Crippen LogP contribution in [0, 0.1) is 6.92 Å². The van der Waals surface area contributed by atoms with E-state index in [1.54, 1.807) is 7.05 Å². The Balaban J connectivity index is 2.00. The molecule has 5 nitrogen and oxygen atoms in total. The summed E-state index contributed by atoms with van der Waals surface area (Å²) >= 11 is 5.99. The third-order valence-corrected chi connectivity index (χ3v) is 3.16. The first kappa shape index (κ1) is 13.5. The highest BCUT2D eigenvalue weighted by Crippen LogP contribution is 2.25. The van der Waals surface area contributed by atoms with E-state index in [1.807, 2.05) is 18.5 Å². The number of aromatic nitrogens is 3. The maximum Gasteiger partial charge on any atom is 0.157 e. The van der Waals surface area contributed by atoms with Crippen molar-refractivity contribution < 1.29 is 0 Å². The Bertz CT molecular complexity index is 558. The number of anilines is 2. The molecule has 0 bridgehead atoms. The largest absolute Gasteiger partial charge is 0.383 e. The lowest BCUT2D eigenvalue weighted by Gasteiger charge is -2.11. The summed E-state index contributed by atoms with van der Waals surface area (Å²) in [4.78, 5) is 12.2. The molecule has 0 amide bonds. The average molecular weight is 278 g/mol. The molecule has 0 fully saturated rings. The number of nitrogens with zero attached hydrogens (tertiary/aromatic N) is 3. The van der Waals surface area contributed by atoms with Gasteiger partial charge in [-0.05, 0) is 30.5 Å². The molecule has 2 rings (SSSR count). The van der Waals surface area contributed by atoms with Gasteiger partial charge >= 0.3 is 0 Å². The fourth-order valence-corrected chi connectivity index (χ4v) is 2.05. The Morgan fingerprint density at radius 3 is 2.89 bits per heavy atom. The quantitative estimate of drug-likeness (QED) is 0.823. The molecule has 6 heteroatoms. The summed E-state index contributed by atoms with van der Waals surface area (Å²) in [5.74, 6) is 0.717. The second-order valence-corrected chi connectivity index (χ2v) is 4.48. The Labute approximate surface area is 117 Å². The second kappa shape index (κ2) is 6.33. The fraction of sp³-hybridized carbons (Fsp3) is 0.308. The summed E-state index contributed by atoms with van der Waals surface area (Å²) in [7, 11) is 1.79. The summed E-state index contributed by atoms with van der Waals surface area (Å²) in [6.07, 6.45) is 6.03. The van der Waals surface area contributed by atoms with Crippen LogP contribution < -0.4 is 10.6 Å². The molecule has 2 aromatic heterocycles. The van der Waals surface area contributed by atoms with Gasteiger partial charge in [-0.3, -0.25) is 4.98 Å². The van der Waals surface area contributed by atoms with E-state index in [2.05, 4.69) is 32.5 Å². The summed E-state index contributed by atoms with van der Waals surface area (Å²) < 4.78 is 0. The molecule has 19 heavy (non-hydrogen) atoms. The average Bonchev–Trinajstić information content (AvgIpc) is 2.41. The Morgan fingerprint density at radius 1 is 1.32 bits per heavy atom. The molecule has 100 valence electrons. The third-order valence-electron chi connectivity index (χ3n) is 2.87. The molecule has 0 saturated carbocycles. The van der Waals surface area contributed by atoms with Crippen LogP contribution in [0.5, 0.6) is 0 Å². The first-order valence-electron chi connectivity index (χ1n) is 6.04. The molecular formula is C13H16ClN5. The van der Waals surface area contributed by atoms with Crippen molar-refractivity contribution in [3.8, 4) is 0 Å². The molecule has 0 unspecified atom stereocenters. The Kier molecular flexibility index (Phi) is 4.52. The Hall–Kier alpha value is -1.88. The summed E-state index contributed by atoms with van der Waals surface area (Å²) in [6, 6.07) is 2.03. The van der Waals surface area contributed by atoms with Crippen LogP contribution in [-0.4, -0.2) is 28.5 Å². The van der Waals surface area contributed by atoms with Gasteiger partial charge < -0.3 is 10.6 Å². The number of hydrogen-bond acceptors (Lipinski definition) is 5. The second-order valence-electron chi connectivity index (χ2n) is 4.12. The van der Waals surface area contributed by atoms with Gasteiger partial charge in [0, 0.05) is 26.0 Å². The van der Waals surface area contributed by atoms with Crippen LogP contribution in [0.15, 0.2) is 24.8 Å². The molecule has 2 aromatic rings. The molecule has 2 N–H and O–H groups in total. The van der Waals surface area contributed by atoms with Crippen molar-refractivity contribution >= 4 is 23.1 Å². The Morgan fingerprint density at radius 2 is 2.16 bits per heavy atom. The van der Waals surface area contributed by atoms with Gasteiger partial charge in [0.2, 0.25) is 0 Å². The third kappa shape index (κ3) is 3.32. The number of nitrogens with one attached hydrogen (secondary N) is 2. The minimum absolute atomic E-state index is 0.417. The summed E-state index contributed by atoms with van der Waals surface area (Å²) in [5, 5.41) is 6.67. The van der Waals surface area contributed by atoms with Gasteiger partial charge in [0.05, 0.1) is 0 Å². The molecule has 0 aromatic carbocycles. The highest BCUT2D eigenvalue weighted by atomic mass is 35.5. The lowest BCUT2D eigenvalue weighted by molar-refractivity contribution is 0.980. The topological polar surface area (TPSA) is 62.7 Å². The first-order valence-corrected chi connectivity index (χ1v) is 6.41. The van der Waals surface area contributed by atoms with E-state index < -0.39 is 0 Å². The van der Waals surface area contributed by atoms with Crippen LogP contribution in [-0.2, 0) is 6.42 Å². The van der Waals surface area contributed by atoms with Crippen molar-refractivity contribution in [3.05, 3.63) is 41.1 Å². The zero-order valence-electron chi connectivity index (χ0n) is 10.9. The molecule has 0 aliphatic carbocycles. The van der Waals surface area contributed by atoms with E-state index >= 15 is 0 Å². The number of halogens is 1. The number of hydrogen-bond donors (Lipinski definition) is 2. The molecular weight excluding hydrogens is 262 g/mol. The lowest BCUT2D eigenvalue weighted by Crippen LogP contribution is -2.10. The van der Waals surface area contributed by atoms with Gasteiger partial charge in [0.1, 0.15) is 12.0 Å². The molecule has 0 atom stereocenters. The molecule has 0 aliphatic rings. The fourth-order valence-electron chi connectivity index (χ4n) is 1.82. The van der Waals surface area contributed by atoms with Crippen LogP contribution >= 0.6 is 11.6 Å². The smallest absolute Gasteiger partial charge is 0.157 e. The number of aryl methyl sites for hydroxylation is 1. The van der Waals surface area contributed by atoms with Crippen molar-refractivity contribution in [1.82, 2.24) is 15.0 Å². The van der Waals surface area contributed by atoms with E-state index in [0.29, 0.717) is 11.0 Å². The lowest BCUT2D eigenvalue weighted by atomic mass is 10.1. The van der Waals surface area contributed by atoms with Crippen LogP contribution in [0.4, 0.5) is 11.5 Å². The molecule has 2 heterocycles. The van der Waals surface area contributed by atoms with Gasteiger partial charge in [-0.25, -0.2) is 9.97 Å². The van der Waals surface area contributed by atoms with Crippen molar-refractivity contribution in [3.63, 3.8) is 0 Å². The van der Waals surface area contributed by atoms with Crippen LogP contribution in [0.3, 0.4) is 0 Å². The van der Waals surface area contributed by atoms with Crippen molar-refractivity contribution in [1.29, 1.82) is 0 Å². The zero-order chi connectivity index (χ0) is 13.7. The van der Waals surface area contributed by atoms with Gasteiger partial charge in [0.15, 0.2) is 11.0 Å². The van der Waals surface area contributed by atoms with E-state index in [1.165, 1.54) is 17.5 Å². The minimum atomic E-state index is 0.417. The SMILES string of the molecule is CNc1c(Cl)ncnc1NCCc1ccncc1C. The van der Waals surface area contributed by atoms with Crippen LogP contribution in [0.2, 0.25) is 5.15 Å². The molecule has 0 aliphatic heterocycles. The van der Waals surface area contributed by atoms with Gasteiger partial charge in [-0.1, -0.05) is 11.6 Å². The van der Waals surface area contributed by atoms with E-state index in [0.717, 1.165) is 18.7 Å². The predicted octanol–water partition coefficient (Wildman–Crippen LogP) is 2.53. The maximum absolute atomic E-state index is 5.99. The van der Waals surface area contributed by atoms with Crippen LogP contribution in [0.25, 0.3) is 0 Å².